The van der Waals surface area contributed by atoms with Crippen LogP contribution in [0.25, 0.3) is 0 Å². The number of carbonyl (C=O) groups excluding carboxylic acids is 2. The number of ether oxygens (including phenoxy) is 1. The number of alkyl halides is 1. The molecule has 32 heavy (non-hydrogen) atoms. The minimum absolute atomic E-state index is 0.0562. The van der Waals surface area contributed by atoms with Crippen molar-refractivity contribution in [2.45, 2.75) is 77.9 Å². The second-order valence-electron chi connectivity index (χ2n) is 11.3. The predicted octanol–water partition coefficient (Wildman–Crippen LogP) is 5.83. The van der Waals surface area contributed by atoms with Crippen LogP contribution in [-0.2, 0) is 18.8 Å². The molecule has 0 aromatic rings. The van der Waals surface area contributed by atoms with Crippen molar-refractivity contribution in [2.75, 3.05) is 0 Å². The van der Waals surface area contributed by atoms with Gasteiger partial charge in [-0.25, -0.2) is 4.39 Å². The zero-order valence-corrected chi connectivity index (χ0v) is 21.1. The fourth-order valence-corrected chi connectivity index (χ4v) is 7.78. The van der Waals surface area contributed by atoms with E-state index in [1.165, 1.54) is 13.0 Å². The maximum Gasteiger partial charge on any atom is 0.303 e. The van der Waals surface area contributed by atoms with Crippen LogP contribution in [0.3, 0.4) is 0 Å². The van der Waals surface area contributed by atoms with Crippen LogP contribution in [0.5, 0.6) is 0 Å². The highest BCUT2D eigenvalue weighted by atomic mass is 28.4. The lowest BCUT2D eigenvalue weighted by Gasteiger charge is -2.62. The van der Waals surface area contributed by atoms with E-state index in [0.29, 0.717) is 25.0 Å². The Balaban J connectivity index is 1.78. The molecule has 174 valence electrons. The van der Waals surface area contributed by atoms with Gasteiger partial charge in [0.05, 0.1) is 5.76 Å². The molecule has 4 aliphatic carbocycles. The fraction of sp³-hybridized carbons (Fsp3) is 0.615. The Morgan fingerprint density at radius 1 is 1.25 bits per heavy atom. The zero-order valence-electron chi connectivity index (χ0n) is 20.1. The number of fused-ring (bicyclic) bond motifs is 5. The lowest BCUT2D eigenvalue weighted by Crippen LogP contribution is -2.67. The first-order valence-electron chi connectivity index (χ1n) is 11.6. The van der Waals surface area contributed by atoms with Crippen molar-refractivity contribution in [1.29, 1.82) is 0 Å². The summed E-state index contributed by atoms with van der Waals surface area (Å²) in [5.74, 6) is -0.162. The van der Waals surface area contributed by atoms with Gasteiger partial charge in [-0.1, -0.05) is 31.2 Å². The molecule has 0 amide bonds. The van der Waals surface area contributed by atoms with Gasteiger partial charge in [0.2, 0.25) is 8.32 Å². The molecule has 0 N–H and O–H groups in total. The normalized spacial score (nSPS) is 40.5. The van der Waals surface area contributed by atoms with E-state index in [-0.39, 0.29) is 23.0 Å². The molecule has 0 radical (unpaired) electrons. The molecule has 0 spiro atoms. The maximum absolute atomic E-state index is 17.5. The third kappa shape index (κ3) is 3.28. The third-order valence-corrected chi connectivity index (χ3v) is 9.09. The first-order valence-corrected chi connectivity index (χ1v) is 15.0. The van der Waals surface area contributed by atoms with Crippen molar-refractivity contribution in [1.82, 2.24) is 0 Å². The van der Waals surface area contributed by atoms with Crippen molar-refractivity contribution >= 4 is 20.1 Å². The largest absolute Gasteiger partial charge is 0.545 e. The average Bonchev–Trinajstić information content (AvgIpc) is 2.98. The van der Waals surface area contributed by atoms with Crippen LogP contribution in [0.1, 0.15) is 46.5 Å². The number of allylic oxidation sites excluding steroid dienone is 6. The molecule has 0 heterocycles. The summed E-state index contributed by atoms with van der Waals surface area (Å²) in [6.45, 7) is 16.0. The highest BCUT2D eigenvalue weighted by molar-refractivity contribution is 6.70. The molecule has 0 saturated heterocycles. The van der Waals surface area contributed by atoms with E-state index in [2.05, 4.69) is 39.2 Å². The van der Waals surface area contributed by atoms with Gasteiger partial charge < -0.3 is 9.16 Å². The molecule has 2 saturated carbocycles. The highest BCUT2D eigenvalue weighted by Crippen LogP contribution is 2.68. The fourth-order valence-electron chi connectivity index (χ4n) is 6.93. The summed E-state index contributed by atoms with van der Waals surface area (Å²) in [6, 6.07) is 0. The van der Waals surface area contributed by atoms with Gasteiger partial charge in [0.25, 0.3) is 0 Å². The zero-order chi connectivity index (χ0) is 23.7. The number of halogens is 1. The van der Waals surface area contributed by atoms with Crippen molar-refractivity contribution in [2.24, 2.45) is 22.7 Å². The van der Waals surface area contributed by atoms with E-state index in [0.717, 1.165) is 17.6 Å². The maximum atomic E-state index is 17.5. The summed E-state index contributed by atoms with van der Waals surface area (Å²) in [5.41, 5.74) is -1.30. The Morgan fingerprint density at radius 2 is 1.94 bits per heavy atom. The number of hydrogen-bond donors (Lipinski definition) is 0. The van der Waals surface area contributed by atoms with Gasteiger partial charge in [0.15, 0.2) is 11.5 Å². The number of hydrogen-bond acceptors (Lipinski definition) is 4. The molecule has 6 heteroatoms. The first kappa shape index (κ1) is 23.2. The Kier molecular flexibility index (Phi) is 5.28. The first-order chi connectivity index (χ1) is 14.7. The lowest BCUT2D eigenvalue weighted by atomic mass is 9.45. The van der Waals surface area contributed by atoms with E-state index in [1.807, 2.05) is 6.92 Å². The second kappa shape index (κ2) is 7.27. The van der Waals surface area contributed by atoms with Crippen LogP contribution in [-0.4, -0.2) is 31.8 Å². The summed E-state index contributed by atoms with van der Waals surface area (Å²) in [5, 5.41) is 0. The van der Waals surface area contributed by atoms with Crippen LogP contribution >= 0.6 is 0 Å². The Labute approximate surface area is 191 Å². The number of ketones is 1. The van der Waals surface area contributed by atoms with Crippen LogP contribution in [0.15, 0.2) is 47.8 Å². The van der Waals surface area contributed by atoms with E-state index >= 15 is 4.39 Å². The second-order valence-corrected chi connectivity index (χ2v) is 15.8. The molecule has 4 rings (SSSR count). The molecule has 4 aliphatic rings. The van der Waals surface area contributed by atoms with Crippen LogP contribution in [0, 0.1) is 22.7 Å². The number of carbonyl (C=O) groups is 2. The van der Waals surface area contributed by atoms with E-state index in [9.17, 15) is 9.59 Å². The average molecular weight is 459 g/mol. The smallest absolute Gasteiger partial charge is 0.303 e. The standard InChI is InChI=1S/C26H35FO4Si/c1-16(31-32(5,6)7)20-10-11-21-22-9-8-18-14-19(29)12-13-25(18,4)26(22,27)23(30-17(2)28)15-24(20,21)3/h10,12-14,21-23H,1,8-9,11,15H2,2-7H3/t21-,22-,23-,24+,25-,26?/m0/s1. The molecule has 0 bridgehead atoms. The summed E-state index contributed by atoms with van der Waals surface area (Å²) in [6.07, 6.45) is 8.42. The highest BCUT2D eigenvalue weighted by Gasteiger charge is 2.70. The predicted molar refractivity (Wildman–Crippen MR) is 125 cm³/mol. The summed E-state index contributed by atoms with van der Waals surface area (Å²) in [4.78, 5) is 24.2. The van der Waals surface area contributed by atoms with Crippen LogP contribution in [0.2, 0.25) is 19.6 Å². The molecule has 4 nitrogen and oxygen atoms in total. The SMILES string of the molecule is C=C(O[Si](C)(C)C)C1=CC[C@H]2[C@@H]3CCC4=CC(=O)C=C[C@]4(C)C3(F)[C@@H](OC(C)=O)C[C@]12C. The van der Waals surface area contributed by atoms with Gasteiger partial charge in [-0.05, 0) is 75.9 Å². The van der Waals surface area contributed by atoms with Gasteiger partial charge in [-0.15, -0.1) is 0 Å². The third-order valence-electron chi connectivity index (χ3n) is 8.24. The number of esters is 1. The van der Waals surface area contributed by atoms with Gasteiger partial charge in [0, 0.05) is 23.7 Å². The van der Waals surface area contributed by atoms with Gasteiger partial charge in [-0.3, -0.25) is 9.59 Å². The molecule has 0 aliphatic heterocycles. The van der Waals surface area contributed by atoms with E-state index in [4.69, 9.17) is 9.16 Å². The van der Waals surface area contributed by atoms with Crippen LogP contribution in [0.4, 0.5) is 4.39 Å². The molecule has 1 unspecified atom stereocenters. The topological polar surface area (TPSA) is 52.6 Å². The van der Waals surface area contributed by atoms with E-state index < -0.39 is 31.5 Å². The Morgan fingerprint density at radius 3 is 2.56 bits per heavy atom. The Hall–Kier alpha value is -1.95. The molecule has 0 aromatic carbocycles. The van der Waals surface area contributed by atoms with Gasteiger partial charge in [0.1, 0.15) is 6.10 Å². The van der Waals surface area contributed by atoms with Crippen LogP contribution < -0.4 is 0 Å². The Bertz CT molecular complexity index is 973. The quantitative estimate of drug-likeness (QED) is 0.302. The molecular weight excluding hydrogens is 423 g/mol. The summed E-state index contributed by atoms with van der Waals surface area (Å²) in [7, 11) is -1.86. The molecule has 6 atom stereocenters. The van der Waals surface area contributed by atoms with Crippen molar-refractivity contribution in [3.05, 3.63) is 47.8 Å². The minimum Gasteiger partial charge on any atom is -0.545 e. The van der Waals surface area contributed by atoms with E-state index in [1.54, 1.807) is 12.2 Å². The molecular formula is C26H35FO4Si. The summed E-state index contributed by atoms with van der Waals surface area (Å²) >= 11 is 0. The van der Waals surface area contributed by atoms with Crippen molar-refractivity contribution < 1.29 is 23.1 Å². The lowest BCUT2D eigenvalue weighted by molar-refractivity contribution is -0.206. The minimum atomic E-state index is -1.86. The van der Waals surface area contributed by atoms with Gasteiger partial charge in [-0.2, -0.15) is 0 Å². The van der Waals surface area contributed by atoms with Crippen molar-refractivity contribution in [3.63, 3.8) is 0 Å². The monoisotopic (exact) mass is 458 g/mol. The molecule has 0 aromatic heterocycles. The van der Waals surface area contributed by atoms with Crippen molar-refractivity contribution in [3.8, 4) is 0 Å². The molecule has 2 fully saturated rings. The summed E-state index contributed by atoms with van der Waals surface area (Å²) < 4.78 is 29.6. The van der Waals surface area contributed by atoms with Gasteiger partial charge >= 0.3 is 5.97 Å². The number of rotatable bonds is 4.